The van der Waals surface area contributed by atoms with Gasteiger partial charge in [-0.25, -0.2) is 4.79 Å². The number of benzene rings is 1. The molecule has 0 bridgehead atoms. The Balaban J connectivity index is 2.09. The van der Waals surface area contributed by atoms with Crippen molar-refractivity contribution >= 4 is 11.9 Å². The van der Waals surface area contributed by atoms with Crippen LogP contribution >= 0.6 is 0 Å². The van der Waals surface area contributed by atoms with Crippen molar-refractivity contribution in [2.75, 3.05) is 0 Å². The fourth-order valence-corrected chi connectivity index (χ4v) is 1.42. The minimum absolute atomic E-state index is 0.0530. The summed E-state index contributed by atoms with van der Waals surface area (Å²) in [5.74, 6) is -1.13. The Bertz CT molecular complexity index is 432. The van der Waals surface area contributed by atoms with E-state index in [9.17, 15) is 9.59 Å². The first-order valence-corrected chi connectivity index (χ1v) is 5.16. The van der Waals surface area contributed by atoms with Crippen LogP contribution in [0.25, 0.3) is 0 Å². The molecule has 84 valence electrons. The first-order chi connectivity index (χ1) is 7.50. The summed E-state index contributed by atoms with van der Waals surface area (Å²) in [5, 5.41) is 11.6. The zero-order valence-corrected chi connectivity index (χ0v) is 8.99. The lowest BCUT2D eigenvalue weighted by Crippen LogP contribution is -2.34. The number of nitrogens with one attached hydrogen (secondary N) is 1. The average Bonchev–Trinajstić information content (AvgIpc) is 2.96. The van der Waals surface area contributed by atoms with Gasteiger partial charge in [0.1, 0.15) is 0 Å². The summed E-state index contributed by atoms with van der Waals surface area (Å²) in [4.78, 5) is 22.3. The van der Waals surface area contributed by atoms with Crippen LogP contribution in [0.4, 0.5) is 0 Å². The largest absolute Gasteiger partial charge is 0.478 e. The molecule has 1 amide bonds. The van der Waals surface area contributed by atoms with Crippen molar-refractivity contribution < 1.29 is 14.7 Å². The molecule has 0 unspecified atom stereocenters. The predicted molar refractivity (Wildman–Crippen MR) is 58.5 cm³/mol. The van der Waals surface area contributed by atoms with Crippen LogP contribution < -0.4 is 5.32 Å². The molecule has 0 radical (unpaired) electrons. The fourth-order valence-electron chi connectivity index (χ4n) is 1.42. The Morgan fingerprint density at radius 3 is 2.12 bits per heavy atom. The Morgan fingerprint density at radius 1 is 1.19 bits per heavy atom. The number of aromatic carboxylic acids is 1. The highest BCUT2D eigenvalue weighted by atomic mass is 16.4. The maximum Gasteiger partial charge on any atom is 0.335 e. The van der Waals surface area contributed by atoms with Gasteiger partial charge in [-0.3, -0.25) is 4.79 Å². The molecule has 1 aliphatic rings. The number of carbonyl (C=O) groups is 2. The van der Waals surface area contributed by atoms with Crippen LogP contribution in [0.15, 0.2) is 24.3 Å². The molecule has 16 heavy (non-hydrogen) atoms. The molecule has 2 N–H and O–H groups in total. The maximum atomic E-state index is 11.7. The molecule has 4 nitrogen and oxygen atoms in total. The third-order valence-electron chi connectivity index (χ3n) is 2.81. The van der Waals surface area contributed by atoms with Gasteiger partial charge in [0.2, 0.25) is 0 Å². The lowest BCUT2D eigenvalue weighted by Gasteiger charge is -2.11. The van der Waals surface area contributed by atoms with Crippen molar-refractivity contribution in [1.82, 2.24) is 5.32 Å². The third kappa shape index (κ3) is 2.21. The van der Waals surface area contributed by atoms with Crippen molar-refractivity contribution in [2.24, 2.45) is 0 Å². The molecule has 1 aromatic rings. The number of hydrogen-bond donors (Lipinski definition) is 2. The third-order valence-corrected chi connectivity index (χ3v) is 2.81. The summed E-state index contributed by atoms with van der Waals surface area (Å²) in [7, 11) is 0. The van der Waals surface area contributed by atoms with Gasteiger partial charge in [0.15, 0.2) is 0 Å². The van der Waals surface area contributed by atoms with Gasteiger partial charge >= 0.3 is 5.97 Å². The van der Waals surface area contributed by atoms with E-state index in [-0.39, 0.29) is 17.0 Å². The molecule has 2 rings (SSSR count). The Morgan fingerprint density at radius 2 is 1.69 bits per heavy atom. The number of carbonyl (C=O) groups excluding carboxylic acids is 1. The molecule has 1 aromatic carbocycles. The Kier molecular flexibility index (Phi) is 2.42. The van der Waals surface area contributed by atoms with E-state index in [0.29, 0.717) is 5.56 Å². The summed E-state index contributed by atoms with van der Waals surface area (Å²) in [6, 6.07) is 5.94. The van der Waals surface area contributed by atoms with E-state index < -0.39 is 5.97 Å². The van der Waals surface area contributed by atoms with E-state index in [2.05, 4.69) is 5.32 Å². The molecule has 1 saturated carbocycles. The number of carboxylic acids is 1. The topological polar surface area (TPSA) is 66.4 Å². The van der Waals surface area contributed by atoms with Crippen molar-refractivity contribution in [3.8, 4) is 0 Å². The van der Waals surface area contributed by atoms with Crippen LogP contribution in [-0.2, 0) is 0 Å². The van der Waals surface area contributed by atoms with Crippen molar-refractivity contribution in [3.05, 3.63) is 35.4 Å². The molecule has 0 saturated heterocycles. The van der Waals surface area contributed by atoms with E-state index in [1.807, 2.05) is 6.92 Å². The molecule has 4 heteroatoms. The van der Waals surface area contributed by atoms with Gasteiger partial charge in [-0.1, -0.05) is 0 Å². The van der Waals surface area contributed by atoms with Gasteiger partial charge in [-0.2, -0.15) is 0 Å². The summed E-state index contributed by atoms with van der Waals surface area (Å²) in [6.07, 6.45) is 2.01. The van der Waals surface area contributed by atoms with E-state index in [0.717, 1.165) is 12.8 Å². The zero-order valence-electron chi connectivity index (χ0n) is 8.99. The van der Waals surface area contributed by atoms with Crippen LogP contribution in [0.5, 0.6) is 0 Å². The summed E-state index contributed by atoms with van der Waals surface area (Å²) < 4.78 is 0. The normalized spacial score (nSPS) is 16.6. The zero-order chi connectivity index (χ0) is 11.8. The predicted octanol–water partition coefficient (Wildman–Crippen LogP) is 1.67. The van der Waals surface area contributed by atoms with Gasteiger partial charge in [-0.15, -0.1) is 0 Å². The molecule has 0 heterocycles. The first-order valence-electron chi connectivity index (χ1n) is 5.16. The molecule has 0 aromatic heterocycles. The molecule has 0 aliphatic heterocycles. The average molecular weight is 219 g/mol. The molecule has 0 atom stereocenters. The van der Waals surface area contributed by atoms with E-state index in [1.165, 1.54) is 24.3 Å². The lowest BCUT2D eigenvalue weighted by molar-refractivity contribution is 0.0696. The maximum absolute atomic E-state index is 11.7. The van der Waals surface area contributed by atoms with Crippen molar-refractivity contribution in [1.29, 1.82) is 0 Å². The second-order valence-corrected chi connectivity index (χ2v) is 4.40. The highest BCUT2D eigenvalue weighted by molar-refractivity contribution is 5.96. The van der Waals surface area contributed by atoms with Gasteiger partial charge in [-0.05, 0) is 44.0 Å². The Hall–Kier alpha value is -1.84. The SMILES string of the molecule is CC1(NC(=O)c2ccc(C(=O)O)cc2)CC1. The van der Waals surface area contributed by atoms with Crippen molar-refractivity contribution in [3.63, 3.8) is 0 Å². The van der Waals surface area contributed by atoms with Crippen LogP contribution in [0.1, 0.15) is 40.5 Å². The molecular formula is C12H13NO3. The van der Waals surface area contributed by atoms with E-state index in [1.54, 1.807) is 0 Å². The van der Waals surface area contributed by atoms with Gasteiger partial charge in [0.05, 0.1) is 5.56 Å². The smallest absolute Gasteiger partial charge is 0.335 e. The summed E-state index contributed by atoms with van der Waals surface area (Å²) in [5.41, 5.74) is 0.634. The molecule has 1 fully saturated rings. The summed E-state index contributed by atoms with van der Waals surface area (Å²) in [6.45, 7) is 2.00. The number of carboxylic acid groups (broad SMARTS) is 1. The Labute approximate surface area is 93.3 Å². The van der Waals surface area contributed by atoms with Crippen molar-refractivity contribution in [2.45, 2.75) is 25.3 Å². The van der Waals surface area contributed by atoms with Crippen LogP contribution in [-0.4, -0.2) is 22.5 Å². The van der Waals surface area contributed by atoms with Crippen LogP contribution in [0.2, 0.25) is 0 Å². The van der Waals surface area contributed by atoms with Gasteiger partial charge < -0.3 is 10.4 Å². The van der Waals surface area contributed by atoms with E-state index >= 15 is 0 Å². The second-order valence-electron chi connectivity index (χ2n) is 4.40. The second kappa shape index (κ2) is 3.63. The minimum atomic E-state index is -0.985. The monoisotopic (exact) mass is 219 g/mol. The minimum Gasteiger partial charge on any atom is -0.478 e. The van der Waals surface area contributed by atoms with Crippen LogP contribution in [0.3, 0.4) is 0 Å². The number of amides is 1. The van der Waals surface area contributed by atoms with Gasteiger partial charge in [0.25, 0.3) is 5.91 Å². The summed E-state index contributed by atoms with van der Waals surface area (Å²) >= 11 is 0. The fraction of sp³-hybridized carbons (Fsp3) is 0.333. The number of hydrogen-bond acceptors (Lipinski definition) is 2. The molecular weight excluding hydrogens is 206 g/mol. The molecule has 0 spiro atoms. The first kappa shape index (κ1) is 10.7. The van der Waals surface area contributed by atoms with Crippen LogP contribution in [0, 0.1) is 0 Å². The standard InChI is InChI=1S/C12H13NO3/c1-12(6-7-12)13-10(14)8-2-4-9(5-3-8)11(15)16/h2-5H,6-7H2,1H3,(H,13,14)(H,15,16). The quantitative estimate of drug-likeness (QED) is 0.812. The molecule has 1 aliphatic carbocycles. The number of rotatable bonds is 3. The van der Waals surface area contributed by atoms with Gasteiger partial charge in [0, 0.05) is 11.1 Å². The lowest BCUT2D eigenvalue weighted by atomic mass is 10.1. The highest BCUT2D eigenvalue weighted by Gasteiger charge is 2.38. The highest BCUT2D eigenvalue weighted by Crippen LogP contribution is 2.34. The van der Waals surface area contributed by atoms with E-state index in [4.69, 9.17) is 5.11 Å².